The molecule has 0 radical (unpaired) electrons. The van der Waals surface area contributed by atoms with Gasteiger partial charge in [-0.1, -0.05) is 90.6 Å². The van der Waals surface area contributed by atoms with E-state index in [-0.39, 0.29) is 36.0 Å². The number of carboxylic acid groups (broad SMARTS) is 1. The summed E-state index contributed by atoms with van der Waals surface area (Å²) in [6, 6.07) is 30.5. The third-order valence-electron chi connectivity index (χ3n) is 4.71. The van der Waals surface area contributed by atoms with E-state index in [0.717, 1.165) is 33.4 Å². The summed E-state index contributed by atoms with van der Waals surface area (Å²) >= 11 is 1.57. The van der Waals surface area contributed by atoms with E-state index < -0.39 is 5.97 Å². The number of thioether (sulfide) groups is 1. The first kappa shape index (κ1) is 23.4. The van der Waals surface area contributed by atoms with Crippen molar-refractivity contribution < 1.29 is 39.5 Å². The molecule has 0 spiro atoms. The number of aromatic nitrogens is 2. The minimum atomic E-state index is -1.02. The average Bonchev–Trinajstić information content (AvgIpc) is 3.18. The molecule has 31 heavy (non-hydrogen) atoms. The van der Waals surface area contributed by atoms with E-state index in [4.69, 9.17) is 4.98 Å². The van der Waals surface area contributed by atoms with Gasteiger partial charge < -0.3 is 9.90 Å². The number of hydrogen-bond donors (Lipinski definition) is 0. The summed E-state index contributed by atoms with van der Waals surface area (Å²) in [4.78, 5) is 15.8. The Balaban J connectivity index is 0.00000272. The van der Waals surface area contributed by atoms with E-state index in [1.54, 1.807) is 11.8 Å². The maximum atomic E-state index is 10.8. The number of aliphatic carboxylic acids is 1. The Morgan fingerprint density at radius 1 is 0.839 bits per heavy atom. The topological polar surface area (TPSA) is 57.9 Å². The zero-order valence-electron chi connectivity index (χ0n) is 17.4. The fourth-order valence-corrected chi connectivity index (χ4v) is 4.31. The van der Waals surface area contributed by atoms with Crippen LogP contribution in [0.2, 0.25) is 0 Å². The molecule has 0 bridgehead atoms. The molecule has 0 aliphatic carbocycles. The third kappa shape index (κ3) is 5.69. The summed E-state index contributed by atoms with van der Waals surface area (Å²) in [5.41, 5.74) is 5.08. The van der Waals surface area contributed by atoms with Gasteiger partial charge in [0.05, 0.1) is 11.4 Å². The largest absolute Gasteiger partial charge is 1.00 e. The molecule has 0 saturated heterocycles. The van der Waals surface area contributed by atoms with Crippen molar-refractivity contribution in [3.8, 4) is 28.2 Å². The predicted molar refractivity (Wildman–Crippen MR) is 119 cm³/mol. The molecule has 0 fully saturated rings. The van der Waals surface area contributed by atoms with Gasteiger partial charge in [-0.3, -0.25) is 4.57 Å². The number of hydrogen-bond acceptors (Lipinski definition) is 4. The van der Waals surface area contributed by atoms with Gasteiger partial charge in [-0.15, -0.1) is 0 Å². The fraction of sp³-hybridized carbons (Fsp3) is 0.120. The molecule has 1 aromatic heterocycles. The molecule has 0 aliphatic rings. The van der Waals surface area contributed by atoms with Gasteiger partial charge in [0.25, 0.3) is 0 Å². The van der Waals surface area contributed by atoms with Crippen LogP contribution in [0.3, 0.4) is 0 Å². The smallest absolute Gasteiger partial charge is 0.550 e. The van der Waals surface area contributed by atoms with Gasteiger partial charge in [0, 0.05) is 28.5 Å². The van der Waals surface area contributed by atoms with E-state index in [0.29, 0.717) is 12.2 Å². The molecule has 6 heteroatoms. The molecule has 150 valence electrons. The first-order valence-corrected chi connectivity index (χ1v) is 10.8. The Morgan fingerprint density at radius 2 is 1.39 bits per heavy atom. The van der Waals surface area contributed by atoms with Crippen LogP contribution in [0.4, 0.5) is 0 Å². The van der Waals surface area contributed by atoms with Crippen molar-refractivity contribution in [2.24, 2.45) is 0 Å². The molecule has 0 amide bonds. The zero-order chi connectivity index (χ0) is 20.8. The van der Waals surface area contributed by atoms with Gasteiger partial charge in [-0.05, 0) is 25.0 Å². The van der Waals surface area contributed by atoms with Crippen LogP contribution in [0, 0.1) is 0 Å². The number of carbonyl (C=O) groups excluding carboxylic acids is 1. The van der Waals surface area contributed by atoms with Gasteiger partial charge in [0.2, 0.25) is 0 Å². The summed E-state index contributed by atoms with van der Waals surface area (Å²) < 4.78 is 2.17. The van der Waals surface area contributed by atoms with E-state index in [9.17, 15) is 9.90 Å². The average molecular weight is 437 g/mol. The number of imidazole rings is 1. The van der Waals surface area contributed by atoms with Gasteiger partial charge >= 0.3 is 29.6 Å². The number of rotatable bonds is 8. The summed E-state index contributed by atoms with van der Waals surface area (Å²) in [6.07, 6.45) is 0.589. The van der Waals surface area contributed by atoms with Crippen molar-refractivity contribution in [3.05, 3.63) is 91.0 Å². The first-order valence-electron chi connectivity index (χ1n) is 9.85. The van der Waals surface area contributed by atoms with E-state index in [1.807, 2.05) is 54.6 Å². The monoisotopic (exact) mass is 436 g/mol. The maximum absolute atomic E-state index is 10.8. The molecular formula is C25H21N2NaO2S. The summed E-state index contributed by atoms with van der Waals surface area (Å²) in [5.74, 6) is -0.364. The van der Waals surface area contributed by atoms with Crippen molar-refractivity contribution in [3.63, 3.8) is 0 Å². The third-order valence-corrected chi connectivity index (χ3v) is 5.74. The van der Waals surface area contributed by atoms with Crippen molar-refractivity contribution >= 4 is 17.7 Å². The molecule has 4 nitrogen and oxygen atoms in total. The van der Waals surface area contributed by atoms with Crippen LogP contribution in [0.5, 0.6) is 0 Å². The quantitative estimate of drug-likeness (QED) is 0.240. The Labute approximate surface area is 208 Å². The molecule has 0 aliphatic heterocycles. The van der Waals surface area contributed by atoms with Crippen LogP contribution in [0.1, 0.15) is 12.8 Å². The molecule has 0 atom stereocenters. The van der Waals surface area contributed by atoms with Gasteiger partial charge in [0.15, 0.2) is 5.16 Å². The minimum Gasteiger partial charge on any atom is -0.550 e. The van der Waals surface area contributed by atoms with Crippen LogP contribution in [-0.2, 0) is 4.79 Å². The molecule has 3 aromatic carbocycles. The number of para-hydroxylation sites is 1. The van der Waals surface area contributed by atoms with Crippen LogP contribution in [-0.4, -0.2) is 21.3 Å². The number of carboxylic acids is 1. The van der Waals surface area contributed by atoms with Crippen molar-refractivity contribution in [1.82, 2.24) is 9.55 Å². The van der Waals surface area contributed by atoms with Crippen molar-refractivity contribution in [2.75, 3.05) is 5.75 Å². The predicted octanol–water partition coefficient (Wildman–Crippen LogP) is 1.83. The standard InChI is InChI=1S/C25H22N2O2S.Na/c28-22(29)17-10-18-30-25-26-23(19-11-4-1-5-12-19)24(20-13-6-2-7-14-20)27(25)21-15-8-3-9-16-21;/h1-9,11-16H,10,17-18H2,(H,28,29);/q;+1/p-1. The molecule has 4 aromatic rings. The SMILES string of the molecule is O=C([O-])CCCSc1nc(-c2ccccc2)c(-c2ccccc2)n1-c1ccccc1.[Na+]. The number of carbonyl (C=O) groups is 1. The molecule has 0 N–H and O–H groups in total. The van der Waals surface area contributed by atoms with Crippen molar-refractivity contribution in [1.29, 1.82) is 0 Å². The van der Waals surface area contributed by atoms with E-state index in [2.05, 4.69) is 41.0 Å². The van der Waals surface area contributed by atoms with Crippen LogP contribution >= 0.6 is 11.8 Å². The van der Waals surface area contributed by atoms with Crippen LogP contribution in [0.15, 0.2) is 96.2 Å². The zero-order valence-corrected chi connectivity index (χ0v) is 20.2. The number of nitrogens with zero attached hydrogens (tertiary/aromatic N) is 2. The molecule has 0 saturated carbocycles. The van der Waals surface area contributed by atoms with Crippen LogP contribution in [0.25, 0.3) is 28.2 Å². The molecular weight excluding hydrogens is 415 g/mol. The maximum Gasteiger partial charge on any atom is 1.00 e. The molecule has 0 unspecified atom stereocenters. The van der Waals surface area contributed by atoms with Crippen molar-refractivity contribution in [2.45, 2.75) is 18.0 Å². The molecule has 1 heterocycles. The Hall–Kier alpha value is -2.31. The second kappa shape index (κ2) is 11.3. The van der Waals surface area contributed by atoms with Gasteiger partial charge in [-0.25, -0.2) is 4.98 Å². The fourth-order valence-electron chi connectivity index (χ4n) is 3.35. The van der Waals surface area contributed by atoms with E-state index >= 15 is 0 Å². The Bertz CT molecular complexity index is 1120. The van der Waals surface area contributed by atoms with E-state index in [1.165, 1.54) is 0 Å². The summed E-state index contributed by atoms with van der Waals surface area (Å²) in [5, 5.41) is 11.6. The summed E-state index contributed by atoms with van der Waals surface area (Å²) in [6.45, 7) is 0. The Morgan fingerprint density at radius 3 is 1.97 bits per heavy atom. The second-order valence-electron chi connectivity index (χ2n) is 6.82. The van der Waals surface area contributed by atoms with Gasteiger partial charge in [-0.2, -0.15) is 0 Å². The first-order chi connectivity index (χ1) is 14.7. The van der Waals surface area contributed by atoms with Gasteiger partial charge in [0.1, 0.15) is 0 Å². The summed E-state index contributed by atoms with van der Waals surface area (Å²) in [7, 11) is 0. The van der Waals surface area contributed by atoms with Crippen LogP contribution < -0.4 is 34.7 Å². The second-order valence-corrected chi connectivity index (χ2v) is 7.88. The minimum absolute atomic E-state index is 0. The Kier molecular flexibility index (Phi) is 8.55. The normalized spacial score (nSPS) is 10.5. The number of benzene rings is 3. The molecule has 4 rings (SSSR count).